The number of aromatic nitrogens is 1. The van der Waals surface area contributed by atoms with Crippen molar-refractivity contribution in [3.8, 4) is 5.75 Å². The maximum atomic E-state index is 13.0. The number of rotatable bonds is 8. The van der Waals surface area contributed by atoms with Gasteiger partial charge in [-0.2, -0.15) is 0 Å². The quantitative estimate of drug-likeness (QED) is 0.425. The van der Waals surface area contributed by atoms with Crippen LogP contribution in [0.25, 0.3) is 10.9 Å². The number of ketones is 1. The Kier molecular flexibility index (Phi) is 7.07. The van der Waals surface area contributed by atoms with Crippen molar-refractivity contribution in [2.75, 3.05) is 26.7 Å². The molecule has 172 valence electrons. The van der Waals surface area contributed by atoms with Crippen molar-refractivity contribution in [2.24, 2.45) is 0 Å². The Morgan fingerprint density at radius 3 is 2.48 bits per heavy atom. The molecule has 4 rings (SSSR count). The van der Waals surface area contributed by atoms with Crippen LogP contribution in [0.1, 0.15) is 35.2 Å². The fourth-order valence-electron chi connectivity index (χ4n) is 4.37. The average Bonchev–Trinajstić information content (AvgIpc) is 3.22. The largest absolute Gasteiger partial charge is 0.496 e. The molecule has 0 radical (unpaired) electrons. The first-order valence-corrected chi connectivity index (χ1v) is 11.4. The highest BCUT2D eigenvalue weighted by molar-refractivity contribution is 6.45. The molecule has 1 fully saturated rings. The molecule has 0 unspecified atom stereocenters. The second kappa shape index (κ2) is 10.3. The van der Waals surface area contributed by atoms with Crippen LogP contribution in [0.3, 0.4) is 0 Å². The van der Waals surface area contributed by atoms with Gasteiger partial charge in [-0.15, -0.1) is 0 Å². The molecule has 7 heteroatoms. The van der Waals surface area contributed by atoms with E-state index in [2.05, 4.69) is 5.32 Å². The first-order chi connectivity index (χ1) is 16.1. The van der Waals surface area contributed by atoms with Gasteiger partial charge in [-0.3, -0.25) is 14.4 Å². The Morgan fingerprint density at radius 2 is 1.70 bits per heavy atom. The number of hydrogen-bond acceptors (Lipinski definition) is 4. The Bertz CT molecular complexity index is 1160. The molecule has 3 aromatic rings. The Hall–Kier alpha value is -3.61. The summed E-state index contributed by atoms with van der Waals surface area (Å²) in [6, 6.07) is 15.0. The van der Waals surface area contributed by atoms with E-state index < -0.39 is 11.7 Å². The summed E-state index contributed by atoms with van der Waals surface area (Å²) in [7, 11) is 1.60. The molecule has 2 amide bonds. The molecule has 0 bridgehead atoms. The van der Waals surface area contributed by atoms with Crippen molar-refractivity contribution in [2.45, 2.75) is 32.2 Å². The third kappa shape index (κ3) is 5.08. The number of para-hydroxylation sites is 2. The molecule has 0 atom stereocenters. The highest BCUT2D eigenvalue weighted by Crippen LogP contribution is 2.23. The number of hydrogen-bond donors (Lipinski definition) is 1. The summed E-state index contributed by atoms with van der Waals surface area (Å²) < 4.78 is 7.11. The summed E-state index contributed by atoms with van der Waals surface area (Å²) >= 11 is 0. The lowest BCUT2D eigenvalue weighted by molar-refractivity contribution is -0.132. The molecule has 1 aliphatic rings. The minimum Gasteiger partial charge on any atom is -0.496 e. The van der Waals surface area contributed by atoms with Gasteiger partial charge in [0.2, 0.25) is 5.91 Å². The summed E-state index contributed by atoms with van der Waals surface area (Å²) in [5.41, 5.74) is 2.04. The lowest BCUT2D eigenvalue weighted by atomic mass is 10.1. The monoisotopic (exact) mass is 447 g/mol. The van der Waals surface area contributed by atoms with Gasteiger partial charge < -0.3 is 19.5 Å². The second-order valence-corrected chi connectivity index (χ2v) is 8.28. The van der Waals surface area contributed by atoms with Crippen LogP contribution in [-0.4, -0.2) is 53.8 Å². The van der Waals surface area contributed by atoms with Gasteiger partial charge in [-0.05, 0) is 43.4 Å². The molecule has 0 aliphatic carbocycles. The topological polar surface area (TPSA) is 80.6 Å². The van der Waals surface area contributed by atoms with Crippen molar-refractivity contribution < 1.29 is 19.1 Å². The molecule has 1 aliphatic heterocycles. The maximum absolute atomic E-state index is 13.0. The Labute approximate surface area is 193 Å². The zero-order valence-electron chi connectivity index (χ0n) is 18.9. The van der Waals surface area contributed by atoms with Crippen molar-refractivity contribution in [3.05, 3.63) is 65.9 Å². The first kappa shape index (κ1) is 22.6. The molecular formula is C26H29N3O4. The maximum Gasteiger partial charge on any atom is 0.292 e. The number of piperidine rings is 1. The predicted octanol–water partition coefficient (Wildman–Crippen LogP) is 3.20. The van der Waals surface area contributed by atoms with E-state index in [-0.39, 0.29) is 12.5 Å². The average molecular weight is 448 g/mol. The van der Waals surface area contributed by atoms with Gasteiger partial charge in [0.1, 0.15) is 12.3 Å². The van der Waals surface area contributed by atoms with Crippen molar-refractivity contribution >= 4 is 28.5 Å². The van der Waals surface area contributed by atoms with Crippen LogP contribution in [0.15, 0.2) is 54.7 Å². The van der Waals surface area contributed by atoms with E-state index in [9.17, 15) is 14.4 Å². The number of fused-ring (bicyclic) bond motifs is 1. The van der Waals surface area contributed by atoms with Gasteiger partial charge in [0.25, 0.3) is 11.7 Å². The molecule has 2 aromatic carbocycles. The minimum atomic E-state index is -0.657. The predicted molar refractivity (Wildman–Crippen MR) is 126 cm³/mol. The molecule has 2 heterocycles. The third-order valence-corrected chi connectivity index (χ3v) is 6.13. The number of amides is 2. The standard InChI is InChI=1S/C26H29N3O4/c1-33-23-12-6-3-9-19(23)13-14-27-26(32)25(31)21-17-29(22-11-5-4-10-20(21)22)18-24(30)28-15-7-2-8-16-28/h3-6,9-12,17H,2,7-8,13-16,18H2,1H3,(H,27,32). The van der Waals surface area contributed by atoms with Crippen LogP contribution >= 0.6 is 0 Å². The van der Waals surface area contributed by atoms with E-state index in [4.69, 9.17) is 4.74 Å². The zero-order chi connectivity index (χ0) is 23.2. The zero-order valence-corrected chi connectivity index (χ0v) is 18.9. The first-order valence-electron chi connectivity index (χ1n) is 11.4. The van der Waals surface area contributed by atoms with E-state index in [1.54, 1.807) is 17.9 Å². The van der Waals surface area contributed by atoms with Gasteiger partial charge in [0.15, 0.2) is 0 Å². The van der Waals surface area contributed by atoms with E-state index >= 15 is 0 Å². The van der Waals surface area contributed by atoms with Gasteiger partial charge in [-0.1, -0.05) is 36.4 Å². The molecule has 0 saturated carbocycles. The fourth-order valence-corrected chi connectivity index (χ4v) is 4.37. The highest BCUT2D eigenvalue weighted by atomic mass is 16.5. The van der Waals surface area contributed by atoms with Crippen LogP contribution in [0.4, 0.5) is 0 Å². The van der Waals surface area contributed by atoms with Crippen molar-refractivity contribution in [1.82, 2.24) is 14.8 Å². The Morgan fingerprint density at radius 1 is 0.970 bits per heavy atom. The number of benzene rings is 2. The summed E-state index contributed by atoms with van der Waals surface area (Å²) in [6.07, 6.45) is 5.39. The smallest absolute Gasteiger partial charge is 0.292 e. The number of ether oxygens (including phenoxy) is 1. The summed E-state index contributed by atoms with van der Waals surface area (Å²) in [4.78, 5) is 40.3. The van der Waals surface area contributed by atoms with E-state index in [1.807, 2.05) is 53.4 Å². The minimum absolute atomic E-state index is 0.0377. The van der Waals surface area contributed by atoms with Crippen LogP contribution in [0.2, 0.25) is 0 Å². The highest BCUT2D eigenvalue weighted by Gasteiger charge is 2.23. The van der Waals surface area contributed by atoms with Gasteiger partial charge in [0, 0.05) is 36.7 Å². The van der Waals surface area contributed by atoms with Crippen LogP contribution < -0.4 is 10.1 Å². The van der Waals surface area contributed by atoms with E-state index in [0.29, 0.717) is 23.9 Å². The molecular weight excluding hydrogens is 418 g/mol. The van der Waals surface area contributed by atoms with Crippen LogP contribution in [0.5, 0.6) is 5.75 Å². The molecule has 33 heavy (non-hydrogen) atoms. The molecule has 1 N–H and O–H groups in total. The number of methoxy groups -OCH3 is 1. The van der Waals surface area contributed by atoms with E-state index in [0.717, 1.165) is 49.2 Å². The fraction of sp³-hybridized carbons (Fsp3) is 0.346. The number of carbonyl (C=O) groups is 3. The SMILES string of the molecule is COc1ccccc1CCNC(=O)C(=O)c1cn(CC(=O)N2CCCCC2)c2ccccc12. The lowest BCUT2D eigenvalue weighted by Gasteiger charge is -2.27. The van der Waals surface area contributed by atoms with E-state index in [1.165, 1.54) is 0 Å². The summed E-state index contributed by atoms with van der Waals surface area (Å²) in [5, 5.41) is 3.39. The molecule has 0 spiro atoms. The molecule has 7 nitrogen and oxygen atoms in total. The number of nitrogens with one attached hydrogen (secondary N) is 1. The molecule has 1 saturated heterocycles. The lowest BCUT2D eigenvalue weighted by Crippen LogP contribution is -2.37. The van der Waals surface area contributed by atoms with Gasteiger partial charge in [-0.25, -0.2) is 0 Å². The normalized spacial score (nSPS) is 13.7. The number of nitrogens with zero attached hydrogens (tertiary/aromatic N) is 2. The van der Waals surface area contributed by atoms with Crippen LogP contribution in [0, 0.1) is 0 Å². The van der Waals surface area contributed by atoms with Gasteiger partial charge >= 0.3 is 0 Å². The molecule has 1 aromatic heterocycles. The summed E-state index contributed by atoms with van der Waals surface area (Å²) in [6.45, 7) is 2.02. The summed E-state index contributed by atoms with van der Waals surface area (Å²) in [5.74, 6) is -0.471. The Balaban J connectivity index is 1.46. The van der Waals surface area contributed by atoms with Gasteiger partial charge in [0.05, 0.1) is 12.7 Å². The van der Waals surface area contributed by atoms with Crippen LogP contribution in [-0.2, 0) is 22.6 Å². The number of carbonyl (C=O) groups excluding carboxylic acids is 3. The van der Waals surface area contributed by atoms with Crippen molar-refractivity contribution in [3.63, 3.8) is 0 Å². The second-order valence-electron chi connectivity index (χ2n) is 8.28. The third-order valence-electron chi connectivity index (χ3n) is 6.13. The number of Topliss-reactive ketones (excluding diaryl/α,β-unsaturated/α-hetero) is 1. The van der Waals surface area contributed by atoms with Crippen molar-refractivity contribution in [1.29, 1.82) is 0 Å². The number of likely N-dealkylation sites (tertiary alicyclic amines) is 1.